The van der Waals surface area contributed by atoms with Gasteiger partial charge in [0.15, 0.2) is 0 Å². The number of carbonyl (C=O) groups excluding carboxylic acids is 2. The molecule has 6 nitrogen and oxygen atoms in total. The summed E-state index contributed by atoms with van der Waals surface area (Å²) in [6, 6.07) is 19.5. The smallest absolute Gasteiger partial charge is 0.300 e. The van der Waals surface area contributed by atoms with E-state index in [0.717, 1.165) is 23.3 Å². The van der Waals surface area contributed by atoms with Gasteiger partial charge in [0.05, 0.1) is 24.8 Å². The molecule has 3 aromatic rings. The second kappa shape index (κ2) is 9.53. The molecule has 1 amide bonds. The zero-order valence-corrected chi connectivity index (χ0v) is 20.7. The second-order valence-corrected chi connectivity index (χ2v) is 9.34. The summed E-state index contributed by atoms with van der Waals surface area (Å²) in [4.78, 5) is 28.3. The Morgan fingerprint density at radius 1 is 1.08 bits per heavy atom. The fourth-order valence-electron chi connectivity index (χ4n) is 4.86. The number of hydrogen-bond acceptors (Lipinski definition) is 5. The van der Waals surface area contributed by atoms with Crippen LogP contribution in [0.1, 0.15) is 55.0 Å². The van der Waals surface area contributed by atoms with Crippen LogP contribution in [0.4, 0.5) is 5.69 Å². The van der Waals surface area contributed by atoms with Crippen molar-refractivity contribution in [1.29, 1.82) is 0 Å². The number of benzene rings is 3. The summed E-state index contributed by atoms with van der Waals surface area (Å²) in [5.74, 6) is 0.144. The van der Waals surface area contributed by atoms with Gasteiger partial charge >= 0.3 is 0 Å². The molecule has 0 spiro atoms. The zero-order chi connectivity index (χ0) is 25.4. The van der Waals surface area contributed by atoms with Gasteiger partial charge in [-0.15, -0.1) is 0 Å². The van der Waals surface area contributed by atoms with Gasteiger partial charge in [-0.1, -0.05) is 38.1 Å². The van der Waals surface area contributed by atoms with E-state index in [4.69, 9.17) is 9.47 Å². The van der Waals surface area contributed by atoms with Crippen LogP contribution >= 0.6 is 0 Å². The van der Waals surface area contributed by atoms with E-state index in [1.165, 1.54) is 4.90 Å². The minimum Gasteiger partial charge on any atom is -0.507 e. The van der Waals surface area contributed by atoms with Gasteiger partial charge in [0.2, 0.25) is 0 Å². The van der Waals surface area contributed by atoms with Crippen LogP contribution in [-0.2, 0) is 16.0 Å². The Morgan fingerprint density at radius 3 is 2.58 bits per heavy atom. The van der Waals surface area contributed by atoms with Crippen LogP contribution in [0, 0.1) is 0 Å². The molecule has 1 N–H and O–H groups in total. The number of ketones is 1. The molecule has 3 aromatic carbocycles. The van der Waals surface area contributed by atoms with E-state index in [-0.39, 0.29) is 11.3 Å². The highest BCUT2D eigenvalue weighted by molar-refractivity contribution is 6.51. The Labute approximate surface area is 210 Å². The Morgan fingerprint density at radius 2 is 1.86 bits per heavy atom. The summed E-state index contributed by atoms with van der Waals surface area (Å²) in [6.45, 7) is 7.16. The molecule has 1 atom stereocenters. The Balaban J connectivity index is 1.67. The van der Waals surface area contributed by atoms with Crippen LogP contribution in [0.25, 0.3) is 5.76 Å². The van der Waals surface area contributed by atoms with E-state index in [1.54, 1.807) is 12.1 Å². The van der Waals surface area contributed by atoms with Crippen LogP contribution < -0.4 is 14.4 Å². The normalized spacial score (nSPS) is 18.4. The van der Waals surface area contributed by atoms with Gasteiger partial charge < -0.3 is 14.6 Å². The van der Waals surface area contributed by atoms with Crippen LogP contribution in [0.3, 0.4) is 0 Å². The maximum Gasteiger partial charge on any atom is 0.300 e. The molecule has 184 valence electrons. The Hall–Kier alpha value is -4.06. The molecule has 1 saturated heterocycles. The lowest BCUT2D eigenvalue weighted by Crippen LogP contribution is -2.29. The predicted molar refractivity (Wildman–Crippen MR) is 139 cm³/mol. The first-order valence-corrected chi connectivity index (χ1v) is 12.3. The number of hydrogen-bond donors (Lipinski definition) is 1. The molecule has 0 aliphatic carbocycles. The molecule has 2 heterocycles. The topological polar surface area (TPSA) is 76.1 Å². The van der Waals surface area contributed by atoms with Crippen molar-refractivity contribution >= 4 is 23.1 Å². The van der Waals surface area contributed by atoms with Crippen molar-refractivity contribution in [3.63, 3.8) is 0 Å². The minimum absolute atomic E-state index is 0.0560. The summed E-state index contributed by atoms with van der Waals surface area (Å²) >= 11 is 0. The van der Waals surface area contributed by atoms with E-state index in [9.17, 15) is 14.7 Å². The molecule has 0 saturated carbocycles. The first-order chi connectivity index (χ1) is 17.4. The first-order valence-electron chi connectivity index (χ1n) is 12.3. The highest BCUT2D eigenvalue weighted by Gasteiger charge is 2.47. The van der Waals surface area contributed by atoms with Crippen molar-refractivity contribution in [1.82, 2.24) is 0 Å². The van der Waals surface area contributed by atoms with Crippen molar-refractivity contribution in [3.8, 4) is 11.5 Å². The lowest BCUT2D eigenvalue weighted by atomic mass is 9.94. The summed E-state index contributed by atoms with van der Waals surface area (Å²) < 4.78 is 11.3. The largest absolute Gasteiger partial charge is 0.507 e. The van der Waals surface area contributed by atoms with Crippen molar-refractivity contribution in [2.75, 3.05) is 18.1 Å². The van der Waals surface area contributed by atoms with Crippen molar-refractivity contribution in [2.45, 2.75) is 39.2 Å². The number of fused-ring (bicyclic) bond motifs is 1. The molecule has 1 fully saturated rings. The first kappa shape index (κ1) is 23.7. The monoisotopic (exact) mass is 483 g/mol. The molecular weight excluding hydrogens is 454 g/mol. The minimum atomic E-state index is -0.806. The number of carbonyl (C=O) groups is 2. The van der Waals surface area contributed by atoms with E-state index in [0.29, 0.717) is 41.7 Å². The second-order valence-electron chi connectivity index (χ2n) is 9.34. The van der Waals surface area contributed by atoms with Gasteiger partial charge in [-0.25, -0.2) is 0 Å². The third-order valence-electron chi connectivity index (χ3n) is 6.73. The summed E-state index contributed by atoms with van der Waals surface area (Å²) in [5.41, 5.74) is 3.91. The van der Waals surface area contributed by atoms with E-state index >= 15 is 0 Å². The fourth-order valence-corrected chi connectivity index (χ4v) is 4.86. The van der Waals surface area contributed by atoms with Gasteiger partial charge in [0.1, 0.15) is 17.3 Å². The van der Waals surface area contributed by atoms with Crippen molar-refractivity contribution in [2.24, 2.45) is 0 Å². The maximum atomic E-state index is 13.4. The SMILES string of the molecule is CCOc1cccc(C2/C(=C(/O)c3ccc4c(c3)CCO4)C(=O)C(=O)N2c2ccc(C(C)C)cc2)c1. The van der Waals surface area contributed by atoms with Crippen LogP contribution in [0.15, 0.2) is 72.3 Å². The number of nitrogens with zero attached hydrogens (tertiary/aromatic N) is 1. The molecule has 0 aromatic heterocycles. The number of aliphatic hydroxyl groups excluding tert-OH is 1. The third-order valence-corrected chi connectivity index (χ3v) is 6.73. The number of amides is 1. The van der Waals surface area contributed by atoms with Crippen LogP contribution in [0.2, 0.25) is 0 Å². The lowest BCUT2D eigenvalue weighted by Gasteiger charge is -2.26. The predicted octanol–water partition coefficient (Wildman–Crippen LogP) is 5.77. The zero-order valence-electron chi connectivity index (χ0n) is 20.7. The van der Waals surface area contributed by atoms with E-state index < -0.39 is 17.7 Å². The molecule has 36 heavy (non-hydrogen) atoms. The molecule has 5 rings (SSSR count). The number of ether oxygens (including phenoxy) is 2. The highest BCUT2D eigenvalue weighted by Crippen LogP contribution is 2.43. The Kier molecular flexibility index (Phi) is 6.27. The summed E-state index contributed by atoms with van der Waals surface area (Å²) in [7, 11) is 0. The third kappa shape index (κ3) is 4.13. The lowest BCUT2D eigenvalue weighted by molar-refractivity contribution is -0.132. The summed E-state index contributed by atoms with van der Waals surface area (Å²) in [5, 5.41) is 11.4. The molecule has 0 radical (unpaired) electrons. The fraction of sp³-hybridized carbons (Fsp3) is 0.267. The number of Topliss-reactive ketones (excluding diaryl/α,β-unsaturated/α-hetero) is 1. The van der Waals surface area contributed by atoms with Crippen LogP contribution in [0.5, 0.6) is 11.5 Å². The van der Waals surface area contributed by atoms with Crippen molar-refractivity contribution < 1.29 is 24.2 Å². The van der Waals surface area contributed by atoms with Gasteiger partial charge in [-0.05, 0) is 72.0 Å². The Bertz CT molecular complexity index is 1360. The quantitative estimate of drug-likeness (QED) is 0.274. The average Bonchev–Trinajstić information content (AvgIpc) is 3.46. The summed E-state index contributed by atoms with van der Waals surface area (Å²) in [6.07, 6.45) is 0.729. The maximum absolute atomic E-state index is 13.4. The van der Waals surface area contributed by atoms with Gasteiger partial charge in [0, 0.05) is 17.7 Å². The van der Waals surface area contributed by atoms with Crippen molar-refractivity contribution in [3.05, 3.63) is 94.6 Å². The highest BCUT2D eigenvalue weighted by atomic mass is 16.5. The van der Waals surface area contributed by atoms with Gasteiger partial charge in [-0.3, -0.25) is 14.5 Å². The number of rotatable bonds is 6. The van der Waals surface area contributed by atoms with Crippen LogP contribution in [-0.4, -0.2) is 30.0 Å². The standard InChI is InChI=1S/C30H29NO5/c1-4-35-24-7-5-6-21(17-24)27-26(28(32)22-10-13-25-20(16-22)14-15-36-25)29(33)30(34)31(27)23-11-8-19(9-12-23)18(2)3/h5-13,16-18,27,32H,4,14-15H2,1-3H3/b28-26-. The number of anilines is 1. The average molecular weight is 484 g/mol. The molecule has 2 aliphatic heterocycles. The van der Waals surface area contributed by atoms with Gasteiger partial charge in [0.25, 0.3) is 11.7 Å². The van der Waals surface area contributed by atoms with Gasteiger partial charge in [-0.2, -0.15) is 0 Å². The molecule has 1 unspecified atom stereocenters. The molecular formula is C30H29NO5. The molecule has 0 bridgehead atoms. The van der Waals surface area contributed by atoms with E-state index in [1.807, 2.05) is 61.5 Å². The number of aliphatic hydroxyl groups is 1. The molecule has 2 aliphatic rings. The van der Waals surface area contributed by atoms with E-state index in [2.05, 4.69) is 13.8 Å². The molecule has 6 heteroatoms.